The highest BCUT2D eigenvalue weighted by Gasteiger charge is 2.14. The first kappa shape index (κ1) is 15.8. The lowest BCUT2D eigenvalue weighted by Crippen LogP contribution is -2.08. The molecule has 1 saturated carbocycles. The molecule has 1 fully saturated rings. The van der Waals surface area contributed by atoms with E-state index < -0.39 is 10.0 Å². The van der Waals surface area contributed by atoms with Gasteiger partial charge in [-0.15, -0.1) is 4.40 Å². The van der Waals surface area contributed by atoms with Gasteiger partial charge in [0.2, 0.25) is 0 Å². The van der Waals surface area contributed by atoms with Gasteiger partial charge in [0.1, 0.15) is 5.84 Å². The van der Waals surface area contributed by atoms with Gasteiger partial charge in [0.05, 0.1) is 5.41 Å². The Morgan fingerprint density at radius 2 is 1.81 bits per heavy atom. The molecule has 1 aliphatic rings. The molecule has 5 heteroatoms. The minimum absolute atomic E-state index is 0.0345. The third-order valence-corrected chi connectivity index (χ3v) is 4.74. The molecule has 0 heterocycles. The predicted octanol–water partition coefficient (Wildman–Crippen LogP) is 3.41. The fourth-order valence-corrected chi connectivity index (χ4v) is 3.50. The third-order valence-electron chi connectivity index (χ3n) is 3.72. The molecule has 4 nitrogen and oxygen atoms in total. The monoisotopic (exact) mass is 306 g/mol. The number of hydrogen-bond acceptors (Lipinski definition) is 2. The van der Waals surface area contributed by atoms with Gasteiger partial charge >= 0.3 is 0 Å². The Morgan fingerprint density at radius 3 is 2.38 bits per heavy atom. The summed E-state index contributed by atoms with van der Waals surface area (Å²) in [6, 6.07) is 8.10. The molecular formula is C16H22N2O2S. The maximum Gasteiger partial charge on any atom is 0.277 e. The number of nitrogens with zero attached hydrogens (tertiary/aromatic N) is 1. The van der Waals surface area contributed by atoms with Crippen LogP contribution < -0.4 is 5.73 Å². The zero-order valence-electron chi connectivity index (χ0n) is 12.3. The van der Waals surface area contributed by atoms with Crippen molar-refractivity contribution in [2.45, 2.75) is 44.9 Å². The number of hydrogen-bond donors (Lipinski definition) is 1. The molecule has 0 bridgehead atoms. The minimum Gasteiger partial charge on any atom is -0.387 e. The predicted molar refractivity (Wildman–Crippen MR) is 87.5 cm³/mol. The largest absolute Gasteiger partial charge is 0.387 e. The second kappa shape index (κ2) is 6.89. The molecular weight excluding hydrogens is 284 g/mol. The fourth-order valence-electron chi connectivity index (χ4n) is 2.71. The van der Waals surface area contributed by atoms with E-state index in [0.29, 0.717) is 5.92 Å². The number of amidine groups is 1. The molecule has 0 radical (unpaired) electrons. The van der Waals surface area contributed by atoms with Crippen LogP contribution >= 0.6 is 0 Å². The van der Waals surface area contributed by atoms with Gasteiger partial charge in [-0.1, -0.05) is 43.5 Å². The number of benzene rings is 1. The Balaban J connectivity index is 2.07. The first-order valence-corrected chi connectivity index (χ1v) is 8.82. The van der Waals surface area contributed by atoms with E-state index in [0.717, 1.165) is 11.0 Å². The van der Waals surface area contributed by atoms with E-state index in [-0.39, 0.29) is 5.84 Å². The van der Waals surface area contributed by atoms with Crippen molar-refractivity contribution in [1.82, 2.24) is 0 Å². The van der Waals surface area contributed by atoms with E-state index in [9.17, 15) is 8.42 Å². The van der Waals surface area contributed by atoms with Crippen molar-refractivity contribution in [2.75, 3.05) is 0 Å². The van der Waals surface area contributed by atoms with Gasteiger partial charge in [-0.3, -0.25) is 0 Å². The highest BCUT2D eigenvalue weighted by Crippen LogP contribution is 2.32. The molecule has 1 aromatic rings. The van der Waals surface area contributed by atoms with Crippen molar-refractivity contribution in [3.8, 4) is 0 Å². The average Bonchev–Trinajstić information content (AvgIpc) is 2.45. The van der Waals surface area contributed by atoms with Crippen LogP contribution in [0.2, 0.25) is 0 Å². The summed E-state index contributed by atoms with van der Waals surface area (Å²) in [5.74, 6) is 0.692. The van der Waals surface area contributed by atoms with Gasteiger partial charge in [-0.25, -0.2) is 0 Å². The van der Waals surface area contributed by atoms with Crippen LogP contribution in [0.4, 0.5) is 0 Å². The quantitative estimate of drug-likeness (QED) is 0.684. The molecule has 0 unspecified atom stereocenters. The Kier molecular flexibility index (Phi) is 5.17. The number of sulfonamides is 1. The van der Waals surface area contributed by atoms with Crippen molar-refractivity contribution in [3.05, 3.63) is 40.8 Å². The summed E-state index contributed by atoms with van der Waals surface area (Å²) in [6.45, 7) is 1.45. The standard InChI is InChI=1S/C16H22N2O2S/c1-13(17)18-21(19,20)12-11-14-7-9-16(10-8-14)15-5-3-2-4-6-15/h7-12,15H,2-6H2,1H3,(H2,17,18). The molecule has 0 saturated heterocycles. The van der Waals surface area contributed by atoms with Crippen molar-refractivity contribution in [2.24, 2.45) is 10.1 Å². The van der Waals surface area contributed by atoms with E-state index in [4.69, 9.17) is 5.73 Å². The summed E-state index contributed by atoms with van der Waals surface area (Å²) in [6.07, 6.45) is 8.02. The molecule has 114 valence electrons. The summed E-state index contributed by atoms with van der Waals surface area (Å²) in [7, 11) is -3.63. The Bertz CT molecular complexity index is 621. The highest BCUT2D eigenvalue weighted by atomic mass is 32.2. The molecule has 0 aliphatic heterocycles. The minimum atomic E-state index is -3.63. The first-order valence-electron chi connectivity index (χ1n) is 7.31. The van der Waals surface area contributed by atoms with Gasteiger partial charge < -0.3 is 5.73 Å². The molecule has 0 aromatic heterocycles. The third kappa shape index (κ3) is 5.01. The first-order chi connectivity index (χ1) is 9.96. The molecule has 2 N–H and O–H groups in total. The van der Waals surface area contributed by atoms with Crippen LogP contribution in [0, 0.1) is 0 Å². The Labute approximate surface area is 126 Å². The summed E-state index contributed by atoms with van der Waals surface area (Å²) in [5, 5.41) is 1.08. The van der Waals surface area contributed by atoms with Crippen LogP contribution in [0.25, 0.3) is 6.08 Å². The van der Waals surface area contributed by atoms with Crippen LogP contribution in [0.3, 0.4) is 0 Å². The molecule has 1 aliphatic carbocycles. The van der Waals surface area contributed by atoms with Gasteiger partial charge in [0.15, 0.2) is 0 Å². The Morgan fingerprint density at radius 1 is 1.19 bits per heavy atom. The highest BCUT2D eigenvalue weighted by molar-refractivity contribution is 7.93. The van der Waals surface area contributed by atoms with Gasteiger partial charge in [0.25, 0.3) is 10.0 Å². The SMILES string of the molecule is CC(N)=NS(=O)(=O)C=Cc1ccc(C2CCCCC2)cc1. The van der Waals surface area contributed by atoms with E-state index in [2.05, 4.69) is 16.5 Å². The van der Waals surface area contributed by atoms with E-state index in [1.807, 2.05) is 12.1 Å². The maximum absolute atomic E-state index is 11.6. The van der Waals surface area contributed by atoms with E-state index >= 15 is 0 Å². The summed E-state index contributed by atoms with van der Waals surface area (Å²) >= 11 is 0. The number of rotatable bonds is 4. The second-order valence-corrected chi connectivity index (χ2v) is 7.04. The average molecular weight is 306 g/mol. The van der Waals surface area contributed by atoms with Crippen LogP contribution in [0.15, 0.2) is 34.1 Å². The molecule has 2 rings (SSSR count). The van der Waals surface area contributed by atoms with Crippen LogP contribution in [0.5, 0.6) is 0 Å². The summed E-state index contributed by atoms with van der Waals surface area (Å²) in [5.41, 5.74) is 7.49. The molecule has 0 amide bonds. The zero-order valence-corrected chi connectivity index (χ0v) is 13.1. The van der Waals surface area contributed by atoms with Gasteiger partial charge in [0, 0.05) is 0 Å². The van der Waals surface area contributed by atoms with Crippen LogP contribution in [-0.2, 0) is 10.0 Å². The molecule has 1 aromatic carbocycles. The lowest BCUT2D eigenvalue weighted by atomic mass is 9.84. The zero-order chi connectivity index (χ0) is 15.3. The summed E-state index contributed by atoms with van der Waals surface area (Å²) in [4.78, 5) is 0. The summed E-state index contributed by atoms with van der Waals surface area (Å²) < 4.78 is 26.5. The van der Waals surface area contributed by atoms with Gasteiger partial charge in [-0.2, -0.15) is 8.42 Å². The van der Waals surface area contributed by atoms with Crippen LogP contribution in [-0.4, -0.2) is 14.3 Å². The Hall–Kier alpha value is -1.62. The smallest absolute Gasteiger partial charge is 0.277 e. The topological polar surface area (TPSA) is 72.5 Å². The molecule has 0 atom stereocenters. The number of nitrogens with two attached hydrogens (primary N) is 1. The van der Waals surface area contributed by atoms with Crippen molar-refractivity contribution in [3.63, 3.8) is 0 Å². The maximum atomic E-state index is 11.6. The normalized spacial score (nSPS) is 18.2. The second-order valence-electron chi connectivity index (χ2n) is 5.55. The van der Waals surface area contributed by atoms with E-state index in [1.54, 1.807) is 6.08 Å². The van der Waals surface area contributed by atoms with Crippen molar-refractivity contribution in [1.29, 1.82) is 0 Å². The molecule has 21 heavy (non-hydrogen) atoms. The fraction of sp³-hybridized carbons (Fsp3) is 0.438. The van der Waals surface area contributed by atoms with Crippen LogP contribution in [0.1, 0.15) is 56.1 Å². The van der Waals surface area contributed by atoms with Gasteiger partial charge in [-0.05, 0) is 42.9 Å². The lowest BCUT2D eigenvalue weighted by Gasteiger charge is -2.21. The molecule has 0 spiro atoms. The van der Waals surface area contributed by atoms with Crippen molar-refractivity contribution >= 4 is 21.9 Å². The van der Waals surface area contributed by atoms with E-state index in [1.165, 1.54) is 44.6 Å². The lowest BCUT2D eigenvalue weighted by molar-refractivity contribution is 0.443. The van der Waals surface area contributed by atoms with Crippen molar-refractivity contribution < 1.29 is 8.42 Å².